The predicted molar refractivity (Wildman–Crippen MR) is 54.2 cm³/mol. The van der Waals surface area contributed by atoms with E-state index in [0.29, 0.717) is 0 Å². The number of aliphatic hydroxyl groups excluding tert-OH is 1. The first kappa shape index (κ1) is 13.3. The molecule has 0 aliphatic carbocycles. The maximum absolute atomic E-state index is 10.9. The Bertz CT molecular complexity index is 185. The van der Waals surface area contributed by atoms with E-state index in [1.165, 1.54) is 6.92 Å². The lowest BCUT2D eigenvalue weighted by atomic mass is 10.2. The molecule has 0 radical (unpaired) electrons. The van der Waals surface area contributed by atoms with Gasteiger partial charge in [-0.15, -0.1) is 11.6 Å². The van der Waals surface area contributed by atoms with E-state index in [9.17, 15) is 9.90 Å². The molecule has 0 aliphatic heterocycles. The molecule has 0 saturated carbocycles. The number of amides is 1. The van der Waals surface area contributed by atoms with Crippen molar-refractivity contribution in [1.29, 1.82) is 0 Å². The van der Waals surface area contributed by atoms with E-state index in [1.54, 1.807) is 6.92 Å². The summed E-state index contributed by atoms with van der Waals surface area (Å²) in [5.74, 6) is -0.338. The first-order valence-electron chi connectivity index (χ1n) is 3.81. The molecule has 0 aromatic rings. The van der Waals surface area contributed by atoms with Gasteiger partial charge in [0.25, 0.3) is 0 Å². The van der Waals surface area contributed by atoms with Crippen LogP contribution in [0.4, 0.5) is 0 Å². The van der Waals surface area contributed by atoms with Crippen LogP contribution >= 0.6 is 34.8 Å². The van der Waals surface area contributed by atoms with Gasteiger partial charge in [0.05, 0.1) is 5.38 Å². The van der Waals surface area contributed by atoms with Gasteiger partial charge in [-0.25, -0.2) is 0 Å². The molecule has 0 heterocycles. The molecular weight excluding hydrogens is 236 g/mol. The predicted octanol–water partition coefficient (Wildman–Crippen LogP) is 1.63. The minimum Gasteiger partial charge on any atom is -0.370 e. The summed E-state index contributed by atoms with van der Waals surface area (Å²) >= 11 is 17.0. The smallest absolute Gasteiger partial charge is 0.221 e. The van der Waals surface area contributed by atoms with Crippen molar-refractivity contribution in [3.63, 3.8) is 0 Å². The molecule has 13 heavy (non-hydrogen) atoms. The average Bonchev–Trinajstić information content (AvgIpc) is 2.03. The number of aliphatic hydroxyl groups is 1. The summed E-state index contributed by atoms with van der Waals surface area (Å²) in [4.78, 5) is 10.9. The fraction of sp³-hybridized carbons (Fsp3) is 0.857. The standard InChI is InChI=1S/C7H12Cl3NO2/c1-3-5(12)11-6(13)7(9,10)4(2)8/h4,6,13H,3H2,1-2H3,(H,11,12)/t4-,6+/m1/s1. The Kier molecular flexibility index (Phi) is 5.37. The third kappa shape index (κ3) is 3.90. The van der Waals surface area contributed by atoms with Gasteiger partial charge in [-0.2, -0.15) is 0 Å². The summed E-state index contributed by atoms with van der Waals surface area (Å²) in [6.45, 7) is 3.18. The van der Waals surface area contributed by atoms with E-state index in [1.807, 2.05) is 0 Å². The summed E-state index contributed by atoms with van der Waals surface area (Å²) in [7, 11) is 0. The van der Waals surface area contributed by atoms with Gasteiger partial charge in [0.15, 0.2) is 10.6 Å². The summed E-state index contributed by atoms with van der Waals surface area (Å²) in [5.41, 5.74) is 0. The Morgan fingerprint density at radius 3 is 2.38 bits per heavy atom. The van der Waals surface area contributed by atoms with Gasteiger partial charge in [-0.1, -0.05) is 30.1 Å². The molecule has 0 aromatic carbocycles. The number of halogens is 3. The van der Waals surface area contributed by atoms with E-state index in [-0.39, 0.29) is 12.3 Å². The highest BCUT2D eigenvalue weighted by atomic mass is 35.5. The van der Waals surface area contributed by atoms with Crippen molar-refractivity contribution >= 4 is 40.7 Å². The van der Waals surface area contributed by atoms with Crippen LogP contribution in [-0.4, -0.2) is 27.0 Å². The topological polar surface area (TPSA) is 49.3 Å². The quantitative estimate of drug-likeness (QED) is 0.587. The highest BCUT2D eigenvalue weighted by Crippen LogP contribution is 2.31. The molecule has 0 aromatic heterocycles. The van der Waals surface area contributed by atoms with Crippen molar-refractivity contribution < 1.29 is 9.90 Å². The van der Waals surface area contributed by atoms with Crippen LogP contribution in [0.3, 0.4) is 0 Å². The second kappa shape index (κ2) is 5.25. The molecule has 1 amide bonds. The third-order valence-electron chi connectivity index (χ3n) is 1.51. The maximum atomic E-state index is 10.9. The Morgan fingerprint density at radius 1 is 1.62 bits per heavy atom. The van der Waals surface area contributed by atoms with Crippen LogP contribution in [0.15, 0.2) is 0 Å². The molecule has 0 saturated heterocycles. The van der Waals surface area contributed by atoms with Crippen molar-refractivity contribution in [2.75, 3.05) is 0 Å². The molecule has 0 unspecified atom stereocenters. The number of hydrogen-bond donors (Lipinski definition) is 2. The van der Waals surface area contributed by atoms with Crippen LogP contribution in [0, 0.1) is 0 Å². The third-order valence-corrected chi connectivity index (χ3v) is 3.15. The van der Waals surface area contributed by atoms with E-state index in [0.717, 1.165) is 0 Å². The van der Waals surface area contributed by atoms with Crippen molar-refractivity contribution in [2.24, 2.45) is 0 Å². The first-order valence-corrected chi connectivity index (χ1v) is 5.00. The lowest BCUT2D eigenvalue weighted by molar-refractivity contribution is -0.123. The highest BCUT2D eigenvalue weighted by Gasteiger charge is 2.39. The molecule has 0 rings (SSSR count). The van der Waals surface area contributed by atoms with Crippen LogP contribution in [0.25, 0.3) is 0 Å². The summed E-state index contributed by atoms with van der Waals surface area (Å²) in [6.07, 6.45) is -1.12. The number of nitrogens with one attached hydrogen (secondary N) is 1. The van der Waals surface area contributed by atoms with Crippen LogP contribution < -0.4 is 5.32 Å². The van der Waals surface area contributed by atoms with Gasteiger partial charge in [-0.3, -0.25) is 4.79 Å². The van der Waals surface area contributed by atoms with Gasteiger partial charge in [0.1, 0.15) is 0 Å². The van der Waals surface area contributed by atoms with Crippen LogP contribution in [0.1, 0.15) is 20.3 Å². The van der Waals surface area contributed by atoms with Crippen LogP contribution in [0.2, 0.25) is 0 Å². The molecule has 2 atom stereocenters. The summed E-state index contributed by atoms with van der Waals surface area (Å²) in [6, 6.07) is 0. The molecule has 2 N–H and O–H groups in total. The summed E-state index contributed by atoms with van der Waals surface area (Å²) < 4.78 is -1.58. The minimum absolute atomic E-state index is 0.248. The molecule has 0 aliphatic rings. The number of alkyl halides is 3. The SMILES string of the molecule is CCC(=O)N[C@@H](O)C(Cl)(Cl)[C@@H](C)Cl. The zero-order valence-corrected chi connectivity index (χ0v) is 9.62. The lowest BCUT2D eigenvalue weighted by Crippen LogP contribution is -2.49. The zero-order valence-electron chi connectivity index (χ0n) is 7.35. The number of carbonyl (C=O) groups is 1. The van der Waals surface area contributed by atoms with Crippen molar-refractivity contribution in [3.05, 3.63) is 0 Å². The normalized spacial score (nSPS) is 16.5. The van der Waals surface area contributed by atoms with Crippen LogP contribution in [0.5, 0.6) is 0 Å². The zero-order chi connectivity index (χ0) is 10.6. The van der Waals surface area contributed by atoms with Gasteiger partial charge in [0, 0.05) is 6.42 Å². The number of carbonyl (C=O) groups excluding carboxylic acids is 1. The van der Waals surface area contributed by atoms with Crippen molar-refractivity contribution in [3.8, 4) is 0 Å². The fourth-order valence-electron chi connectivity index (χ4n) is 0.568. The second-order valence-corrected chi connectivity index (χ2v) is 4.71. The van der Waals surface area contributed by atoms with E-state index >= 15 is 0 Å². The minimum atomic E-state index is -1.58. The Labute approximate surface area is 92.3 Å². The molecule has 0 fully saturated rings. The number of rotatable bonds is 4. The summed E-state index contributed by atoms with van der Waals surface area (Å²) in [5, 5.41) is 10.9. The second-order valence-electron chi connectivity index (χ2n) is 2.61. The van der Waals surface area contributed by atoms with Gasteiger partial charge in [-0.05, 0) is 6.92 Å². The Hall–Kier alpha value is 0.300. The van der Waals surface area contributed by atoms with E-state index < -0.39 is 15.9 Å². The highest BCUT2D eigenvalue weighted by molar-refractivity contribution is 6.52. The molecule has 0 spiro atoms. The van der Waals surface area contributed by atoms with E-state index in [2.05, 4.69) is 5.32 Å². The largest absolute Gasteiger partial charge is 0.370 e. The van der Waals surface area contributed by atoms with Gasteiger partial charge in [0.2, 0.25) is 5.91 Å². The molecule has 6 heteroatoms. The van der Waals surface area contributed by atoms with Gasteiger partial charge >= 0.3 is 0 Å². The molecule has 3 nitrogen and oxygen atoms in total. The molecule has 78 valence electrons. The van der Waals surface area contributed by atoms with E-state index in [4.69, 9.17) is 34.8 Å². The van der Waals surface area contributed by atoms with Crippen LogP contribution in [-0.2, 0) is 4.79 Å². The fourth-order valence-corrected chi connectivity index (χ4v) is 0.797. The Morgan fingerprint density at radius 2 is 2.08 bits per heavy atom. The lowest BCUT2D eigenvalue weighted by Gasteiger charge is -2.28. The Balaban J connectivity index is 4.24. The molecular formula is C7H12Cl3NO2. The first-order chi connectivity index (χ1) is 5.82. The number of hydrogen-bond acceptors (Lipinski definition) is 2. The average molecular weight is 249 g/mol. The van der Waals surface area contributed by atoms with Crippen molar-refractivity contribution in [1.82, 2.24) is 5.32 Å². The monoisotopic (exact) mass is 247 g/mol. The van der Waals surface area contributed by atoms with Gasteiger partial charge < -0.3 is 10.4 Å². The molecule has 0 bridgehead atoms. The van der Waals surface area contributed by atoms with Crippen molar-refractivity contribution in [2.45, 2.75) is 36.2 Å². The maximum Gasteiger partial charge on any atom is 0.221 e.